The van der Waals surface area contributed by atoms with Crippen molar-refractivity contribution >= 4 is 21.4 Å². The van der Waals surface area contributed by atoms with Crippen LogP contribution >= 0.6 is 0 Å². The van der Waals surface area contributed by atoms with Gasteiger partial charge < -0.3 is 15.6 Å². The molecule has 2 aromatic carbocycles. The van der Waals surface area contributed by atoms with E-state index in [1.807, 2.05) is 0 Å². The van der Waals surface area contributed by atoms with E-state index < -0.39 is 21.9 Å². The van der Waals surface area contributed by atoms with Gasteiger partial charge in [0.2, 0.25) is 0 Å². The SMILES string of the molecule is Nc1ccc2c(c1)N(S(=O)(=O)c1ccc(F)cc1)CC(CO)O2. The third-order valence-corrected chi connectivity index (χ3v) is 5.31. The van der Waals surface area contributed by atoms with E-state index in [-0.39, 0.29) is 18.0 Å². The molecule has 0 saturated heterocycles. The van der Waals surface area contributed by atoms with Gasteiger partial charge in [0.1, 0.15) is 17.7 Å². The van der Waals surface area contributed by atoms with E-state index in [9.17, 15) is 17.9 Å². The molecule has 0 aliphatic carbocycles. The van der Waals surface area contributed by atoms with Gasteiger partial charge in [-0.1, -0.05) is 0 Å². The van der Waals surface area contributed by atoms with Crippen LogP contribution in [0.1, 0.15) is 0 Å². The number of nitrogens with two attached hydrogens (primary N) is 1. The Morgan fingerprint density at radius 3 is 2.61 bits per heavy atom. The number of aliphatic hydroxyl groups is 1. The monoisotopic (exact) mass is 338 g/mol. The summed E-state index contributed by atoms with van der Waals surface area (Å²) in [5, 5.41) is 9.34. The lowest BCUT2D eigenvalue weighted by molar-refractivity contribution is 0.116. The van der Waals surface area contributed by atoms with Gasteiger partial charge in [-0.15, -0.1) is 0 Å². The fraction of sp³-hybridized carbons (Fsp3) is 0.200. The Labute approximate surface area is 133 Å². The van der Waals surface area contributed by atoms with E-state index in [0.717, 1.165) is 16.4 Å². The molecule has 3 N–H and O–H groups in total. The van der Waals surface area contributed by atoms with Crippen LogP contribution in [0.4, 0.5) is 15.8 Å². The van der Waals surface area contributed by atoms with E-state index in [4.69, 9.17) is 10.5 Å². The summed E-state index contributed by atoms with van der Waals surface area (Å²) in [4.78, 5) is -0.0501. The minimum atomic E-state index is -3.93. The van der Waals surface area contributed by atoms with Gasteiger partial charge in [-0.25, -0.2) is 12.8 Å². The number of halogens is 1. The van der Waals surface area contributed by atoms with Gasteiger partial charge in [-0.05, 0) is 42.5 Å². The number of benzene rings is 2. The van der Waals surface area contributed by atoms with Crippen molar-refractivity contribution in [2.75, 3.05) is 23.2 Å². The second-order valence-corrected chi connectivity index (χ2v) is 7.00. The van der Waals surface area contributed by atoms with Crippen LogP contribution in [-0.4, -0.2) is 32.8 Å². The van der Waals surface area contributed by atoms with Crippen LogP contribution in [0.5, 0.6) is 5.75 Å². The summed E-state index contributed by atoms with van der Waals surface area (Å²) in [6, 6.07) is 9.18. The number of aliphatic hydroxyl groups excluding tert-OH is 1. The first-order valence-electron chi connectivity index (χ1n) is 6.87. The molecule has 23 heavy (non-hydrogen) atoms. The molecule has 1 aliphatic rings. The molecule has 8 heteroatoms. The van der Waals surface area contributed by atoms with Crippen molar-refractivity contribution in [3.05, 3.63) is 48.3 Å². The van der Waals surface area contributed by atoms with Crippen LogP contribution in [0.3, 0.4) is 0 Å². The quantitative estimate of drug-likeness (QED) is 0.824. The number of nitrogens with zero attached hydrogens (tertiary/aromatic N) is 1. The second-order valence-electron chi connectivity index (χ2n) is 5.14. The van der Waals surface area contributed by atoms with Gasteiger partial charge in [-0.2, -0.15) is 0 Å². The number of ether oxygens (including phenoxy) is 1. The number of fused-ring (bicyclic) bond motifs is 1. The van der Waals surface area contributed by atoms with Crippen LogP contribution in [0.25, 0.3) is 0 Å². The Hall–Kier alpha value is -2.32. The van der Waals surface area contributed by atoms with Crippen molar-refractivity contribution < 1.29 is 22.7 Å². The van der Waals surface area contributed by atoms with E-state index >= 15 is 0 Å². The Morgan fingerprint density at radius 1 is 1.26 bits per heavy atom. The third kappa shape index (κ3) is 2.82. The van der Waals surface area contributed by atoms with Crippen LogP contribution in [0.2, 0.25) is 0 Å². The maximum Gasteiger partial charge on any atom is 0.264 e. The molecular weight excluding hydrogens is 323 g/mol. The highest BCUT2D eigenvalue weighted by Gasteiger charge is 2.34. The van der Waals surface area contributed by atoms with Crippen LogP contribution in [0.15, 0.2) is 47.4 Å². The lowest BCUT2D eigenvalue weighted by Crippen LogP contribution is -2.45. The van der Waals surface area contributed by atoms with Gasteiger partial charge in [0, 0.05) is 5.69 Å². The number of rotatable bonds is 3. The molecule has 2 aromatic rings. The van der Waals surface area contributed by atoms with Crippen molar-refractivity contribution in [3.8, 4) is 5.75 Å². The maximum absolute atomic E-state index is 13.0. The highest BCUT2D eigenvalue weighted by Crippen LogP contribution is 2.38. The van der Waals surface area contributed by atoms with E-state index in [0.29, 0.717) is 17.1 Å². The van der Waals surface area contributed by atoms with Crippen LogP contribution in [0, 0.1) is 5.82 Å². The second kappa shape index (κ2) is 5.71. The standard InChI is InChI=1S/C15H15FN2O4S/c16-10-1-4-13(5-2-10)23(20,21)18-8-12(9-19)22-15-6-3-11(17)7-14(15)18/h1-7,12,19H,8-9,17H2. The first kappa shape index (κ1) is 15.6. The fourth-order valence-corrected chi connectivity index (χ4v) is 3.88. The molecular formula is C15H15FN2O4S. The highest BCUT2D eigenvalue weighted by molar-refractivity contribution is 7.92. The van der Waals surface area contributed by atoms with Gasteiger partial charge in [0.25, 0.3) is 10.0 Å². The number of hydrogen-bond donors (Lipinski definition) is 2. The average Bonchev–Trinajstić information content (AvgIpc) is 2.54. The Morgan fingerprint density at radius 2 is 1.96 bits per heavy atom. The zero-order valence-corrected chi connectivity index (χ0v) is 12.8. The molecule has 1 heterocycles. The third-order valence-electron chi connectivity index (χ3n) is 3.52. The number of nitrogen functional groups attached to an aromatic ring is 1. The van der Waals surface area contributed by atoms with Crippen LogP contribution < -0.4 is 14.8 Å². The molecule has 0 spiro atoms. The molecule has 1 unspecified atom stereocenters. The molecule has 1 atom stereocenters. The zero-order chi connectivity index (χ0) is 16.6. The van der Waals surface area contributed by atoms with Gasteiger partial charge in [-0.3, -0.25) is 4.31 Å². The van der Waals surface area contributed by atoms with Crippen molar-refractivity contribution in [1.29, 1.82) is 0 Å². The molecule has 0 amide bonds. The Balaban J connectivity index is 2.10. The van der Waals surface area contributed by atoms with Gasteiger partial charge >= 0.3 is 0 Å². The summed E-state index contributed by atoms with van der Waals surface area (Å²) in [6.45, 7) is -0.397. The molecule has 0 fully saturated rings. The predicted octanol–water partition coefficient (Wildman–Crippen LogP) is 1.36. The summed E-state index contributed by atoms with van der Waals surface area (Å²) in [5.74, 6) is -0.209. The minimum absolute atomic E-state index is 0.0501. The van der Waals surface area contributed by atoms with Gasteiger partial charge in [0.05, 0.1) is 23.7 Å². The largest absolute Gasteiger partial charge is 0.484 e. The number of hydrogen-bond acceptors (Lipinski definition) is 5. The van der Waals surface area contributed by atoms with Gasteiger partial charge in [0.15, 0.2) is 0 Å². The molecule has 1 aliphatic heterocycles. The molecule has 0 aromatic heterocycles. The molecule has 0 radical (unpaired) electrons. The number of anilines is 2. The van der Waals surface area contributed by atoms with E-state index in [1.54, 1.807) is 12.1 Å². The minimum Gasteiger partial charge on any atom is -0.484 e. The lowest BCUT2D eigenvalue weighted by Gasteiger charge is -2.34. The smallest absolute Gasteiger partial charge is 0.264 e. The van der Waals surface area contributed by atoms with Crippen LogP contribution in [-0.2, 0) is 10.0 Å². The van der Waals surface area contributed by atoms with Crippen molar-refractivity contribution in [3.63, 3.8) is 0 Å². The summed E-state index contributed by atoms with van der Waals surface area (Å²) in [7, 11) is -3.93. The zero-order valence-electron chi connectivity index (χ0n) is 12.0. The summed E-state index contributed by atoms with van der Waals surface area (Å²) in [6.07, 6.45) is -0.693. The van der Waals surface area contributed by atoms with Crippen molar-refractivity contribution in [1.82, 2.24) is 0 Å². The lowest BCUT2D eigenvalue weighted by atomic mass is 10.2. The molecule has 0 saturated carbocycles. The molecule has 3 rings (SSSR count). The normalized spacial score (nSPS) is 17.5. The maximum atomic E-state index is 13.0. The molecule has 0 bridgehead atoms. The summed E-state index contributed by atoms with van der Waals surface area (Å²) >= 11 is 0. The molecule has 6 nitrogen and oxygen atoms in total. The first-order valence-corrected chi connectivity index (χ1v) is 8.31. The van der Waals surface area contributed by atoms with Crippen molar-refractivity contribution in [2.24, 2.45) is 0 Å². The topological polar surface area (TPSA) is 92.9 Å². The molecule has 122 valence electrons. The Kier molecular flexibility index (Phi) is 3.87. The first-order chi connectivity index (χ1) is 10.9. The predicted molar refractivity (Wildman–Crippen MR) is 83.3 cm³/mol. The summed E-state index contributed by atoms with van der Waals surface area (Å²) < 4.78 is 45.4. The summed E-state index contributed by atoms with van der Waals surface area (Å²) in [5.41, 5.74) is 6.41. The van der Waals surface area contributed by atoms with Crippen molar-refractivity contribution in [2.45, 2.75) is 11.0 Å². The van der Waals surface area contributed by atoms with E-state index in [1.165, 1.54) is 18.2 Å². The van der Waals surface area contributed by atoms with E-state index in [2.05, 4.69) is 0 Å². The highest BCUT2D eigenvalue weighted by atomic mass is 32.2. The average molecular weight is 338 g/mol. The fourth-order valence-electron chi connectivity index (χ4n) is 2.39. The Bertz CT molecular complexity index is 824. The number of sulfonamides is 1.